The van der Waals surface area contributed by atoms with Gasteiger partial charge in [-0.05, 0) is 12.1 Å². The van der Waals surface area contributed by atoms with Crippen molar-refractivity contribution in [2.24, 2.45) is 0 Å². The molecule has 0 aliphatic carbocycles. The summed E-state index contributed by atoms with van der Waals surface area (Å²) in [5.41, 5.74) is 1.49. The van der Waals surface area contributed by atoms with Gasteiger partial charge in [-0.1, -0.05) is 18.2 Å². The molecule has 0 unspecified atom stereocenters. The van der Waals surface area contributed by atoms with Crippen molar-refractivity contribution >= 4 is 33.8 Å². The number of fused-ring (bicyclic) bond motifs is 1. The van der Waals surface area contributed by atoms with Gasteiger partial charge in [0.15, 0.2) is 4.96 Å². The Hall–Kier alpha value is -2.71. The molecule has 7 nitrogen and oxygen atoms in total. The molecule has 4 rings (SSSR count). The van der Waals surface area contributed by atoms with E-state index in [0.717, 1.165) is 16.3 Å². The lowest BCUT2D eigenvalue weighted by molar-refractivity contribution is -0.140. The number of para-hydroxylation sites is 1. The minimum atomic E-state index is -0.265. The minimum Gasteiger partial charge on any atom is -0.377 e. The van der Waals surface area contributed by atoms with Gasteiger partial charge in [0, 0.05) is 36.4 Å². The number of imidazole rings is 1. The number of hydrogen-bond donors (Lipinski definition) is 1. The summed E-state index contributed by atoms with van der Waals surface area (Å²) in [4.78, 5) is 32.3. The molecule has 3 heterocycles. The molecule has 1 saturated heterocycles. The van der Waals surface area contributed by atoms with Crippen LogP contribution in [0.15, 0.2) is 48.1 Å². The number of amides is 2. The standard InChI is InChI=1S/C19H20N4O3S/c24-17(20-14-4-2-1-3-5-14)11-16-13-26-8-6-23(16)18(25)10-15-12-22-7-9-27-19(22)21-15/h1-5,7,9,12,16H,6,8,10-11,13H2,(H,20,24)/t16-/m0/s1. The number of benzene rings is 1. The van der Waals surface area contributed by atoms with Gasteiger partial charge in [0.05, 0.1) is 31.4 Å². The molecule has 140 valence electrons. The van der Waals surface area contributed by atoms with Crippen molar-refractivity contribution in [1.29, 1.82) is 0 Å². The van der Waals surface area contributed by atoms with E-state index in [4.69, 9.17) is 4.74 Å². The quantitative estimate of drug-likeness (QED) is 0.732. The first-order valence-corrected chi connectivity index (χ1v) is 9.70. The fourth-order valence-corrected chi connectivity index (χ4v) is 3.94. The molecule has 1 aliphatic rings. The van der Waals surface area contributed by atoms with Crippen molar-refractivity contribution in [2.45, 2.75) is 18.9 Å². The van der Waals surface area contributed by atoms with E-state index >= 15 is 0 Å². The molecule has 0 bridgehead atoms. The predicted octanol–water partition coefficient (Wildman–Crippen LogP) is 2.19. The Balaban J connectivity index is 1.39. The van der Waals surface area contributed by atoms with Crippen molar-refractivity contribution in [3.05, 3.63) is 53.8 Å². The van der Waals surface area contributed by atoms with E-state index in [0.29, 0.717) is 19.8 Å². The highest BCUT2D eigenvalue weighted by Gasteiger charge is 2.29. The third-order valence-corrected chi connectivity index (χ3v) is 5.27. The number of carbonyl (C=O) groups excluding carboxylic acids is 2. The fourth-order valence-electron chi connectivity index (χ4n) is 3.22. The highest BCUT2D eigenvalue weighted by molar-refractivity contribution is 7.15. The first-order chi connectivity index (χ1) is 13.2. The number of morpholine rings is 1. The zero-order valence-corrected chi connectivity index (χ0v) is 15.5. The van der Waals surface area contributed by atoms with Gasteiger partial charge in [0.25, 0.3) is 0 Å². The summed E-state index contributed by atoms with van der Waals surface area (Å²) >= 11 is 1.53. The maximum absolute atomic E-state index is 12.8. The second-order valence-electron chi connectivity index (χ2n) is 6.44. The molecule has 1 aliphatic heterocycles. The molecule has 2 amide bonds. The smallest absolute Gasteiger partial charge is 0.229 e. The van der Waals surface area contributed by atoms with E-state index in [1.807, 2.05) is 52.5 Å². The largest absolute Gasteiger partial charge is 0.377 e. The van der Waals surface area contributed by atoms with Crippen LogP contribution in [-0.2, 0) is 20.7 Å². The van der Waals surface area contributed by atoms with Crippen LogP contribution in [0, 0.1) is 0 Å². The zero-order valence-electron chi connectivity index (χ0n) is 14.7. The molecule has 1 fully saturated rings. The van der Waals surface area contributed by atoms with Crippen LogP contribution in [0.2, 0.25) is 0 Å². The van der Waals surface area contributed by atoms with Crippen molar-refractivity contribution < 1.29 is 14.3 Å². The summed E-state index contributed by atoms with van der Waals surface area (Å²) in [6.07, 6.45) is 4.23. The first kappa shape index (κ1) is 17.7. The van der Waals surface area contributed by atoms with Gasteiger partial charge in [-0.3, -0.25) is 14.0 Å². The number of aromatic nitrogens is 2. The van der Waals surface area contributed by atoms with Crippen LogP contribution in [0.1, 0.15) is 12.1 Å². The average Bonchev–Trinajstić information content (AvgIpc) is 3.24. The average molecular weight is 384 g/mol. The number of nitrogens with one attached hydrogen (secondary N) is 1. The number of ether oxygens (including phenoxy) is 1. The molecule has 1 atom stereocenters. The lowest BCUT2D eigenvalue weighted by atomic mass is 10.1. The lowest BCUT2D eigenvalue weighted by Gasteiger charge is -2.35. The van der Waals surface area contributed by atoms with Crippen LogP contribution in [0.3, 0.4) is 0 Å². The van der Waals surface area contributed by atoms with E-state index in [-0.39, 0.29) is 30.7 Å². The molecule has 1 aromatic carbocycles. The maximum Gasteiger partial charge on any atom is 0.229 e. The number of anilines is 1. The zero-order chi connectivity index (χ0) is 18.6. The van der Waals surface area contributed by atoms with Gasteiger partial charge in [-0.25, -0.2) is 4.98 Å². The Labute approximate surface area is 160 Å². The molecule has 27 heavy (non-hydrogen) atoms. The Bertz CT molecular complexity index is 908. The molecular weight excluding hydrogens is 364 g/mol. The molecule has 1 N–H and O–H groups in total. The van der Waals surface area contributed by atoms with Crippen LogP contribution >= 0.6 is 11.3 Å². The van der Waals surface area contributed by atoms with E-state index in [1.165, 1.54) is 11.3 Å². The van der Waals surface area contributed by atoms with Gasteiger partial charge < -0.3 is 15.0 Å². The summed E-state index contributed by atoms with van der Waals surface area (Å²) < 4.78 is 7.42. The van der Waals surface area contributed by atoms with Crippen molar-refractivity contribution in [3.8, 4) is 0 Å². The van der Waals surface area contributed by atoms with Crippen molar-refractivity contribution in [3.63, 3.8) is 0 Å². The highest BCUT2D eigenvalue weighted by atomic mass is 32.1. The van der Waals surface area contributed by atoms with E-state index in [1.54, 1.807) is 4.90 Å². The van der Waals surface area contributed by atoms with Gasteiger partial charge in [-0.15, -0.1) is 11.3 Å². The summed E-state index contributed by atoms with van der Waals surface area (Å²) in [6.45, 7) is 1.34. The van der Waals surface area contributed by atoms with Gasteiger partial charge in [0.1, 0.15) is 0 Å². The minimum absolute atomic E-state index is 0.0263. The number of rotatable bonds is 5. The summed E-state index contributed by atoms with van der Waals surface area (Å²) in [5.74, 6) is -0.154. The Morgan fingerprint density at radius 3 is 2.96 bits per heavy atom. The van der Waals surface area contributed by atoms with Gasteiger partial charge >= 0.3 is 0 Å². The molecular formula is C19H20N4O3S. The predicted molar refractivity (Wildman–Crippen MR) is 103 cm³/mol. The number of thiazole rings is 1. The molecule has 8 heteroatoms. The highest BCUT2D eigenvalue weighted by Crippen LogP contribution is 2.16. The third-order valence-electron chi connectivity index (χ3n) is 4.50. The Kier molecular flexibility index (Phi) is 5.17. The second-order valence-corrected chi connectivity index (χ2v) is 7.31. The summed E-state index contributed by atoms with van der Waals surface area (Å²) in [6, 6.07) is 9.03. The van der Waals surface area contributed by atoms with Crippen LogP contribution in [0.5, 0.6) is 0 Å². The van der Waals surface area contributed by atoms with Crippen molar-refractivity contribution in [1.82, 2.24) is 14.3 Å². The SMILES string of the molecule is O=C(C[C@H]1COCCN1C(=O)Cc1cn2ccsc2n1)Nc1ccccc1. The molecule has 0 spiro atoms. The van der Waals surface area contributed by atoms with Crippen LogP contribution in [0.25, 0.3) is 4.96 Å². The van der Waals surface area contributed by atoms with Crippen LogP contribution < -0.4 is 5.32 Å². The summed E-state index contributed by atoms with van der Waals surface area (Å²) in [7, 11) is 0. The number of carbonyl (C=O) groups is 2. The van der Waals surface area contributed by atoms with Crippen molar-refractivity contribution in [2.75, 3.05) is 25.1 Å². The first-order valence-electron chi connectivity index (χ1n) is 8.82. The van der Waals surface area contributed by atoms with E-state index in [9.17, 15) is 9.59 Å². The monoisotopic (exact) mass is 384 g/mol. The second kappa shape index (κ2) is 7.89. The van der Waals surface area contributed by atoms with E-state index < -0.39 is 0 Å². The Morgan fingerprint density at radius 1 is 1.30 bits per heavy atom. The lowest BCUT2D eigenvalue weighted by Crippen LogP contribution is -2.50. The molecule has 2 aromatic heterocycles. The van der Waals surface area contributed by atoms with Crippen LogP contribution in [-0.4, -0.2) is 51.9 Å². The fraction of sp³-hybridized carbons (Fsp3) is 0.316. The topological polar surface area (TPSA) is 75.9 Å². The Morgan fingerprint density at radius 2 is 2.15 bits per heavy atom. The van der Waals surface area contributed by atoms with Gasteiger partial charge in [0.2, 0.25) is 11.8 Å². The normalized spacial score (nSPS) is 17.2. The summed E-state index contributed by atoms with van der Waals surface area (Å²) in [5, 5.41) is 4.82. The third kappa shape index (κ3) is 4.17. The maximum atomic E-state index is 12.8. The van der Waals surface area contributed by atoms with Gasteiger partial charge in [-0.2, -0.15) is 0 Å². The number of nitrogens with zero attached hydrogens (tertiary/aromatic N) is 3. The number of hydrogen-bond acceptors (Lipinski definition) is 5. The van der Waals surface area contributed by atoms with E-state index in [2.05, 4.69) is 10.3 Å². The molecule has 0 saturated carbocycles. The van der Waals surface area contributed by atoms with Crippen LogP contribution in [0.4, 0.5) is 5.69 Å². The molecule has 0 radical (unpaired) electrons. The molecule has 3 aromatic rings.